The van der Waals surface area contributed by atoms with E-state index in [4.69, 9.17) is 27.9 Å². The number of nitrogens with one attached hydrogen (secondary N) is 1. The molecular weight excluding hydrogens is 573 g/mol. The number of amides is 2. The SMILES string of the molecule is CC[C@H](C)NC(=O)[C@H](C)N(Cc1ccc(Cl)c(Cl)c1)C(=O)CN(c1cccc(OC)c1)S(=O)(=O)c1ccccc1. The van der Waals surface area contributed by atoms with Gasteiger partial charge in [-0.25, -0.2) is 8.42 Å². The van der Waals surface area contributed by atoms with Crippen LogP contribution in [0.5, 0.6) is 5.75 Å². The van der Waals surface area contributed by atoms with Gasteiger partial charge >= 0.3 is 0 Å². The quantitative estimate of drug-likeness (QED) is 0.293. The number of carbonyl (C=O) groups excluding carboxylic acids is 2. The van der Waals surface area contributed by atoms with Gasteiger partial charge in [0.2, 0.25) is 11.8 Å². The van der Waals surface area contributed by atoms with Gasteiger partial charge in [-0.15, -0.1) is 0 Å². The minimum atomic E-state index is -4.17. The molecular formula is C29H33Cl2N3O5S. The van der Waals surface area contributed by atoms with E-state index in [0.717, 1.165) is 4.31 Å². The molecule has 3 aromatic rings. The molecule has 0 aliphatic heterocycles. The second-order valence-corrected chi connectivity index (χ2v) is 12.0. The number of hydrogen-bond acceptors (Lipinski definition) is 5. The first-order valence-corrected chi connectivity index (χ1v) is 14.9. The summed E-state index contributed by atoms with van der Waals surface area (Å²) in [6.45, 7) is 4.85. The summed E-state index contributed by atoms with van der Waals surface area (Å²) in [7, 11) is -2.70. The maximum absolute atomic E-state index is 14.0. The molecule has 0 radical (unpaired) electrons. The van der Waals surface area contributed by atoms with E-state index in [1.165, 1.54) is 30.2 Å². The number of benzene rings is 3. The van der Waals surface area contributed by atoms with Crippen LogP contribution >= 0.6 is 23.2 Å². The third-order valence-corrected chi connectivity index (χ3v) is 8.98. The molecule has 3 rings (SSSR count). The molecule has 0 heterocycles. The Labute approximate surface area is 245 Å². The molecule has 0 aromatic heterocycles. The number of methoxy groups -OCH3 is 1. The molecule has 11 heteroatoms. The Bertz CT molecular complexity index is 1440. The minimum Gasteiger partial charge on any atom is -0.497 e. The first kappa shape index (κ1) is 31.3. The summed E-state index contributed by atoms with van der Waals surface area (Å²) in [6, 6.07) is 18.2. The normalized spacial score (nSPS) is 12.8. The predicted octanol–water partition coefficient (Wildman–Crippen LogP) is 5.53. The highest BCUT2D eigenvalue weighted by molar-refractivity contribution is 7.92. The molecule has 40 heavy (non-hydrogen) atoms. The van der Waals surface area contributed by atoms with Crippen molar-refractivity contribution in [2.45, 2.75) is 50.7 Å². The van der Waals surface area contributed by atoms with Crippen LogP contribution in [0.3, 0.4) is 0 Å². The molecule has 0 fully saturated rings. The predicted molar refractivity (Wildman–Crippen MR) is 158 cm³/mol. The summed E-state index contributed by atoms with van der Waals surface area (Å²) >= 11 is 12.3. The third kappa shape index (κ3) is 7.68. The molecule has 0 aliphatic rings. The largest absolute Gasteiger partial charge is 0.497 e. The van der Waals surface area contributed by atoms with Crippen molar-refractivity contribution >= 4 is 50.7 Å². The van der Waals surface area contributed by atoms with Gasteiger partial charge in [0.25, 0.3) is 10.0 Å². The fraction of sp³-hybridized carbons (Fsp3) is 0.310. The summed E-state index contributed by atoms with van der Waals surface area (Å²) in [5.74, 6) is -0.519. The van der Waals surface area contributed by atoms with Crippen LogP contribution in [0.25, 0.3) is 0 Å². The maximum Gasteiger partial charge on any atom is 0.264 e. The highest BCUT2D eigenvalue weighted by Crippen LogP contribution is 2.28. The van der Waals surface area contributed by atoms with Crippen molar-refractivity contribution in [2.24, 2.45) is 0 Å². The van der Waals surface area contributed by atoms with Gasteiger partial charge in [0.15, 0.2) is 0 Å². The summed E-state index contributed by atoms with van der Waals surface area (Å²) in [5.41, 5.74) is 0.868. The average Bonchev–Trinajstić information content (AvgIpc) is 2.96. The van der Waals surface area contributed by atoms with Crippen LogP contribution in [0.2, 0.25) is 10.0 Å². The Hall–Kier alpha value is -3.27. The number of halogens is 2. The van der Waals surface area contributed by atoms with E-state index in [1.54, 1.807) is 61.5 Å². The van der Waals surface area contributed by atoms with E-state index in [0.29, 0.717) is 27.8 Å². The topological polar surface area (TPSA) is 96.0 Å². The van der Waals surface area contributed by atoms with Gasteiger partial charge in [-0.05, 0) is 62.2 Å². The van der Waals surface area contributed by atoms with E-state index in [-0.39, 0.29) is 29.1 Å². The Morgan fingerprint density at radius 2 is 1.65 bits per heavy atom. The first-order chi connectivity index (χ1) is 19.0. The van der Waals surface area contributed by atoms with Gasteiger partial charge in [-0.3, -0.25) is 13.9 Å². The highest BCUT2D eigenvalue weighted by Gasteiger charge is 2.33. The fourth-order valence-electron chi connectivity index (χ4n) is 3.90. The van der Waals surface area contributed by atoms with E-state index >= 15 is 0 Å². The molecule has 0 aliphatic carbocycles. The zero-order valence-electron chi connectivity index (χ0n) is 22.8. The average molecular weight is 607 g/mol. The number of hydrogen-bond donors (Lipinski definition) is 1. The third-order valence-electron chi connectivity index (χ3n) is 6.46. The van der Waals surface area contributed by atoms with Gasteiger partial charge in [0.1, 0.15) is 18.3 Å². The van der Waals surface area contributed by atoms with Crippen LogP contribution in [0.15, 0.2) is 77.7 Å². The zero-order valence-corrected chi connectivity index (χ0v) is 25.1. The number of carbonyl (C=O) groups is 2. The van der Waals surface area contributed by atoms with Crippen LogP contribution in [-0.2, 0) is 26.2 Å². The molecule has 0 spiro atoms. The lowest BCUT2D eigenvalue weighted by Crippen LogP contribution is -2.52. The monoisotopic (exact) mass is 605 g/mol. The second-order valence-electron chi connectivity index (χ2n) is 9.29. The Morgan fingerprint density at radius 3 is 2.27 bits per heavy atom. The molecule has 1 N–H and O–H groups in total. The second kappa shape index (κ2) is 13.9. The molecule has 0 saturated heterocycles. The van der Waals surface area contributed by atoms with E-state index in [1.807, 2.05) is 13.8 Å². The van der Waals surface area contributed by atoms with Crippen molar-refractivity contribution in [3.8, 4) is 5.75 Å². The number of ether oxygens (including phenoxy) is 1. The van der Waals surface area contributed by atoms with Crippen LogP contribution in [0, 0.1) is 0 Å². The molecule has 0 unspecified atom stereocenters. The molecule has 3 aromatic carbocycles. The Morgan fingerprint density at radius 1 is 0.950 bits per heavy atom. The standard InChI is InChI=1S/C29H33Cl2N3O5S/c1-5-20(2)32-29(36)21(3)33(18-22-14-15-26(30)27(31)16-22)28(35)19-34(23-10-9-11-24(17-23)39-4)40(37,38)25-12-7-6-8-13-25/h6-17,20-21H,5,18-19H2,1-4H3,(H,32,36)/t20-,21-/m0/s1. The van der Waals surface area contributed by atoms with Crippen LogP contribution in [-0.4, -0.2) is 50.9 Å². The van der Waals surface area contributed by atoms with E-state index in [9.17, 15) is 18.0 Å². The smallest absolute Gasteiger partial charge is 0.264 e. The van der Waals surface area contributed by atoms with Gasteiger partial charge in [-0.1, -0.05) is 60.5 Å². The number of nitrogens with zero attached hydrogens (tertiary/aromatic N) is 2. The summed E-state index contributed by atoms with van der Waals surface area (Å²) in [5, 5.41) is 3.55. The lowest BCUT2D eigenvalue weighted by atomic mass is 10.1. The minimum absolute atomic E-state index is 0.00213. The van der Waals surface area contributed by atoms with Crippen molar-refractivity contribution in [3.05, 3.63) is 88.4 Å². The molecule has 2 amide bonds. The number of anilines is 1. The van der Waals surface area contributed by atoms with Crippen molar-refractivity contribution in [3.63, 3.8) is 0 Å². The lowest BCUT2D eigenvalue weighted by molar-refractivity contribution is -0.139. The van der Waals surface area contributed by atoms with Gasteiger partial charge in [0, 0.05) is 18.7 Å². The summed E-state index contributed by atoms with van der Waals surface area (Å²) in [4.78, 5) is 28.4. The Balaban J connectivity index is 2.04. The van der Waals surface area contributed by atoms with E-state index < -0.39 is 28.5 Å². The van der Waals surface area contributed by atoms with Crippen molar-refractivity contribution in [1.82, 2.24) is 10.2 Å². The molecule has 0 bridgehead atoms. The zero-order chi connectivity index (χ0) is 29.4. The Kier molecular flexibility index (Phi) is 10.8. The van der Waals surface area contributed by atoms with Gasteiger partial charge < -0.3 is 15.0 Å². The molecule has 0 saturated carbocycles. The number of sulfonamides is 1. The lowest BCUT2D eigenvalue weighted by Gasteiger charge is -2.32. The van der Waals surface area contributed by atoms with Crippen LogP contribution in [0.4, 0.5) is 5.69 Å². The summed E-state index contributed by atoms with van der Waals surface area (Å²) in [6.07, 6.45) is 0.706. The fourth-order valence-corrected chi connectivity index (χ4v) is 5.64. The van der Waals surface area contributed by atoms with Gasteiger partial charge in [0.05, 0.1) is 27.7 Å². The van der Waals surface area contributed by atoms with Crippen LogP contribution in [0.1, 0.15) is 32.8 Å². The highest BCUT2D eigenvalue weighted by atomic mass is 35.5. The van der Waals surface area contributed by atoms with Crippen molar-refractivity contribution < 1.29 is 22.7 Å². The number of rotatable bonds is 12. The maximum atomic E-state index is 14.0. The molecule has 214 valence electrons. The van der Waals surface area contributed by atoms with E-state index in [2.05, 4.69) is 5.32 Å². The van der Waals surface area contributed by atoms with Gasteiger partial charge in [-0.2, -0.15) is 0 Å². The molecule has 8 nitrogen and oxygen atoms in total. The first-order valence-electron chi connectivity index (χ1n) is 12.7. The van der Waals surface area contributed by atoms with Crippen molar-refractivity contribution in [2.75, 3.05) is 18.0 Å². The molecule has 2 atom stereocenters. The van der Waals surface area contributed by atoms with Crippen LogP contribution < -0.4 is 14.4 Å². The van der Waals surface area contributed by atoms with Crippen molar-refractivity contribution in [1.29, 1.82) is 0 Å². The summed E-state index contributed by atoms with van der Waals surface area (Å²) < 4.78 is 34.0.